The van der Waals surface area contributed by atoms with Gasteiger partial charge >= 0.3 is 11.9 Å². The van der Waals surface area contributed by atoms with E-state index in [0.29, 0.717) is 0 Å². The van der Waals surface area contributed by atoms with Gasteiger partial charge in [0.25, 0.3) is 11.4 Å². The largest absolute Gasteiger partial charge is 0.478 e. The second-order valence-electron chi connectivity index (χ2n) is 4.59. The second-order valence-corrected chi connectivity index (χ2v) is 6.17. The molecule has 0 saturated heterocycles. The first-order chi connectivity index (χ1) is 12.6. The van der Waals surface area contributed by atoms with E-state index in [1.807, 2.05) is 0 Å². The van der Waals surface area contributed by atoms with Gasteiger partial charge < -0.3 is 9.84 Å². The molecular weight excluding hydrogens is 496 g/mol. The van der Waals surface area contributed by atoms with Crippen LogP contribution in [0.4, 0.5) is 11.4 Å². The third-order valence-electron chi connectivity index (χ3n) is 2.99. The van der Waals surface area contributed by atoms with Crippen LogP contribution in [0.2, 0.25) is 0 Å². The summed E-state index contributed by atoms with van der Waals surface area (Å²) in [5.74, 6) is -1.81. The van der Waals surface area contributed by atoms with Gasteiger partial charge in [-0.3, -0.25) is 20.2 Å². The number of benzene rings is 2. The number of carbonyl (C=O) groups excluding carboxylic acids is 1. The summed E-state index contributed by atoms with van der Waals surface area (Å²) in [6.07, 6.45) is 0. The van der Waals surface area contributed by atoms with Crippen molar-refractivity contribution in [2.24, 2.45) is 0 Å². The number of rotatable bonds is 4. The summed E-state index contributed by atoms with van der Waals surface area (Å²) in [4.78, 5) is 41.4. The lowest BCUT2D eigenvalue weighted by molar-refractivity contribution is -0.385. The number of hydrogen-bond donors (Lipinski definition) is 1. The molecule has 0 aliphatic heterocycles. The zero-order valence-corrected chi connectivity index (χ0v) is 16.6. The number of nitro groups is 2. The van der Waals surface area contributed by atoms with Crippen LogP contribution in [0.5, 0.6) is 0 Å². The molecule has 0 amide bonds. The minimum absolute atomic E-state index is 0.00694. The van der Waals surface area contributed by atoms with Crippen molar-refractivity contribution in [2.45, 2.75) is 0 Å². The first-order valence-electron chi connectivity index (χ1n) is 6.79. The third kappa shape index (κ3) is 5.56. The maximum Gasteiger partial charge on any atom is 0.339 e. The van der Waals surface area contributed by atoms with Crippen LogP contribution in [0, 0.1) is 20.2 Å². The number of carbonyl (C=O) groups is 2. The quantitative estimate of drug-likeness (QED) is 0.369. The molecule has 0 aliphatic carbocycles. The van der Waals surface area contributed by atoms with Gasteiger partial charge in [0.05, 0.1) is 28.1 Å². The van der Waals surface area contributed by atoms with E-state index in [0.717, 1.165) is 0 Å². The van der Waals surface area contributed by atoms with Gasteiger partial charge in [0.2, 0.25) is 0 Å². The number of aromatic carboxylic acids is 1. The molecule has 27 heavy (non-hydrogen) atoms. The SMILES string of the molecule is COC(=O)c1cccc([N+](=O)[O-])c1Br.O=C(O)c1cccc([N+](=O)[O-])c1Br. The number of esters is 1. The van der Waals surface area contributed by atoms with Crippen LogP contribution in [-0.2, 0) is 4.74 Å². The van der Waals surface area contributed by atoms with Gasteiger partial charge in [-0.05, 0) is 44.0 Å². The molecule has 2 aromatic rings. The Bertz CT molecular complexity index is 884. The predicted octanol–water partition coefficient (Wildman–Crippen LogP) is 4.20. The number of methoxy groups -OCH3 is 1. The molecule has 0 fully saturated rings. The Morgan fingerprint density at radius 1 is 0.926 bits per heavy atom. The van der Waals surface area contributed by atoms with E-state index in [2.05, 4.69) is 36.6 Å². The highest BCUT2D eigenvalue weighted by Gasteiger charge is 2.19. The van der Waals surface area contributed by atoms with Crippen molar-refractivity contribution >= 4 is 55.2 Å². The Balaban J connectivity index is 0.000000271. The van der Waals surface area contributed by atoms with Crippen LogP contribution in [0.15, 0.2) is 45.3 Å². The van der Waals surface area contributed by atoms with E-state index in [-0.39, 0.29) is 31.4 Å². The van der Waals surface area contributed by atoms with Gasteiger partial charge in [-0.1, -0.05) is 12.1 Å². The van der Waals surface area contributed by atoms with E-state index in [9.17, 15) is 29.8 Å². The highest BCUT2D eigenvalue weighted by Crippen LogP contribution is 2.29. The van der Waals surface area contributed by atoms with Crippen LogP contribution < -0.4 is 0 Å². The van der Waals surface area contributed by atoms with E-state index < -0.39 is 21.8 Å². The number of nitro benzene ring substituents is 2. The van der Waals surface area contributed by atoms with E-state index in [1.54, 1.807) is 0 Å². The number of halogens is 2. The van der Waals surface area contributed by atoms with Crippen LogP contribution in [0.1, 0.15) is 20.7 Å². The normalized spacial score (nSPS) is 9.59. The number of ether oxygens (including phenoxy) is 1. The fourth-order valence-electron chi connectivity index (χ4n) is 1.75. The Labute approximate surface area is 168 Å². The molecule has 0 atom stereocenters. The van der Waals surface area contributed by atoms with Crippen LogP contribution in [0.25, 0.3) is 0 Å². The minimum atomic E-state index is -1.20. The van der Waals surface area contributed by atoms with Crippen molar-refractivity contribution in [3.8, 4) is 0 Å². The third-order valence-corrected chi connectivity index (χ3v) is 4.65. The Kier molecular flexibility index (Phi) is 7.99. The first kappa shape index (κ1) is 22.2. The smallest absolute Gasteiger partial charge is 0.339 e. The van der Waals surface area contributed by atoms with E-state index in [4.69, 9.17) is 5.11 Å². The van der Waals surface area contributed by atoms with Crippen LogP contribution >= 0.6 is 31.9 Å². The summed E-state index contributed by atoms with van der Waals surface area (Å²) >= 11 is 5.84. The highest BCUT2D eigenvalue weighted by molar-refractivity contribution is 9.11. The van der Waals surface area contributed by atoms with Crippen molar-refractivity contribution < 1.29 is 29.3 Å². The number of nitrogens with zero attached hydrogens (tertiary/aromatic N) is 2. The molecule has 2 rings (SSSR count). The highest BCUT2D eigenvalue weighted by atomic mass is 79.9. The summed E-state index contributed by atoms with van der Waals surface area (Å²) in [5.41, 5.74) is -0.385. The van der Waals surface area contributed by atoms with Gasteiger partial charge in [0.15, 0.2) is 0 Å². The second kappa shape index (κ2) is 9.73. The average Bonchev–Trinajstić information content (AvgIpc) is 2.61. The molecular formula is C15H10Br2N2O8. The number of hydrogen-bond acceptors (Lipinski definition) is 7. The lowest BCUT2D eigenvalue weighted by Crippen LogP contribution is -2.03. The van der Waals surface area contributed by atoms with Gasteiger partial charge in [-0.2, -0.15) is 0 Å². The van der Waals surface area contributed by atoms with Crippen molar-refractivity contribution in [2.75, 3.05) is 7.11 Å². The van der Waals surface area contributed by atoms with Crippen molar-refractivity contribution in [3.63, 3.8) is 0 Å². The molecule has 0 aliphatic rings. The minimum Gasteiger partial charge on any atom is -0.478 e. The Hall–Kier alpha value is -2.86. The van der Waals surface area contributed by atoms with Crippen LogP contribution in [0.3, 0.4) is 0 Å². The zero-order valence-electron chi connectivity index (χ0n) is 13.4. The van der Waals surface area contributed by atoms with Gasteiger partial charge in [-0.15, -0.1) is 0 Å². The molecule has 0 saturated carbocycles. The lowest BCUT2D eigenvalue weighted by atomic mass is 10.2. The number of carboxylic acids is 1. The van der Waals surface area contributed by atoms with E-state index >= 15 is 0 Å². The molecule has 0 spiro atoms. The molecule has 142 valence electrons. The molecule has 0 bridgehead atoms. The monoisotopic (exact) mass is 504 g/mol. The lowest BCUT2D eigenvalue weighted by Gasteiger charge is -2.01. The van der Waals surface area contributed by atoms with E-state index in [1.165, 1.54) is 43.5 Å². The molecule has 0 radical (unpaired) electrons. The van der Waals surface area contributed by atoms with Crippen molar-refractivity contribution in [1.29, 1.82) is 0 Å². The molecule has 0 unspecified atom stereocenters. The molecule has 10 nitrogen and oxygen atoms in total. The molecule has 0 aromatic heterocycles. The molecule has 12 heteroatoms. The number of carboxylic acid groups (broad SMARTS) is 1. The molecule has 0 heterocycles. The van der Waals surface area contributed by atoms with Crippen LogP contribution in [-0.4, -0.2) is 34.0 Å². The Morgan fingerprint density at radius 2 is 1.33 bits per heavy atom. The van der Waals surface area contributed by atoms with Gasteiger partial charge in [0, 0.05) is 12.1 Å². The standard InChI is InChI=1S/C8H6BrNO4.C7H4BrNO4/c1-14-8(11)5-3-2-4-6(7(5)9)10(12)13;8-6-4(7(10)11)2-1-3-5(6)9(12)13/h2-4H,1H3;1-3H,(H,10,11). The van der Waals surface area contributed by atoms with Gasteiger partial charge in [-0.25, -0.2) is 9.59 Å². The summed E-state index contributed by atoms with van der Waals surface area (Å²) in [7, 11) is 1.22. The fourth-order valence-corrected chi connectivity index (χ4v) is 2.90. The summed E-state index contributed by atoms with van der Waals surface area (Å²) in [6.45, 7) is 0. The van der Waals surface area contributed by atoms with Gasteiger partial charge in [0.1, 0.15) is 8.95 Å². The molecule has 1 N–H and O–H groups in total. The summed E-state index contributed by atoms with van der Waals surface area (Å²) in [6, 6.07) is 8.02. The maximum absolute atomic E-state index is 11.1. The van der Waals surface area contributed by atoms with Crippen molar-refractivity contribution in [3.05, 3.63) is 76.7 Å². The van der Waals surface area contributed by atoms with Crippen molar-refractivity contribution in [1.82, 2.24) is 0 Å². The predicted molar refractivity (Wildman–Crippen MR) is 99.9 cm³/mol. The summed E-state index contributed by atoms with van der Waals surface area (Å²) in [5, 5.41) is 29.5. The summed E-state index contributed by atoms with van der Waals surface area (Å²) < 4.78 is 4.59. The fraction of sp³-hybridized carbons (Fsp3) is 0.0667. The maximum atomic E-state index is 11.1. The zero-order chi connectivity index (χ0) is 20.7. The Morgan fingerprint density at radius 3 is 1.70 bits per heavy atom. The molecule has 2 aromatic carbocycles. The average molecular weight is 506 g/mol. The topological polar surface area (TPSA) is 150 Å². The first-order valence-corrected chi connectivity index (χ1v) is 8.37.